The number of phenols is 1. The van der Waals surface area contributed by atoms with Gasteiger partial charge in [0, 0.05) is 12.1 Å². The number of nitriles is 1. The predicted molar refractivity (Wildman–Crippen MR) is 106 cm³/mol. The standard InChI is InChI=1S/C23H17FN2O2/c24-22-4-2-1-3-18(22)13-16-5-7-17(8-6-16)14-19(15-25)23(28)26-20-9-11-21(27)12-10-20/h1-12,14,27H,13H2,(H,26,28)/b19-14+. The lowest BCUT2D eigenvalue weighted by Gasteiger charge is -2.06. The molecule has 28 heavy (non-hydrogen) atoms. The fourth-order valence-corrected chi connectivity index (χ4v) is 2.65. The van der Waals surface area contributed by atoms with Crippen LogP contribution in [0.15, 0.2) is 78.4 Å². The average molecular weight is 372 g/mol. The van der Waals surface area contributed by atoms with E-state index < -0.39 is 5.91 Å². The summed E-state index contributed by atoms with van der Waals surface area (Å²) < 4.78 is 13.8. The zero-order chi connectivity index (χ0) is 19.9. The van der Waals surface area contributed by atoms with Crippen molar-refractivity contribution < 1.29 is 14.3 Å². The maximum atomic E-state index is 13.8. The average Bonchev–Trinajstić information content (AvgIpc) is 2.70. The summed E-state index contributed by atoms with van der Waals surface area (Å²) in [4.78, 5) is 12.3. The van der Waals surface area contributed by atoms with Crippen molar-refractivity contribution in [1.82, 2.24) is 0 Å². The third-order valence-electron chi connectivity index (χ3n) is 4.13. The van der Waals surface area contributed by atoms with Crippen molar-refractivity contribution in [3.8, 4) is 11.8 Å². The molecule has 138 valence electrons. The molecule has 0 fully saturated rings. The maximum absolute atomic E-state index is 13.8. The normalized spacial score (nSPS) is 10.9. The summed E-state index contributed by atoms with van der Waals surface area (Å²) >= 11 is 0. The molecule has 0 bridgehead atoms. The molecule has 3 rings (SSSR count). The molecule has 5 heteroatoms. The number of benzene rings is 3. The van der Waals surface area contributed by atoms with Crippen LogP contribution in [0.4, 0.5) is 10.1 Å². The summed E-state index contributed by atoms with van der Waals surface area (Å²) in [6, 6.07) is 21.7. The second-order valence-electron chi connectivity index (χ2n) is 6.18. The van der Waals surface area contributed by atoms with Crippen molar-refractivity contribution in [3.63, 3.8) is 0 Å². The van der Waals surface area contributed by atoms with Crippen LogP contribution in [0, 0.1) is 17.1 Å². The molecule has 0 aliphatic heterocycles. The number of hydrogen-bond donors (Lipinski definition) is 2. The Morgan fingerprint density at radius 2 is 1.71 bits per heavy atom. The highest BCUT2D eigenvalue weighted by Crippen LogP contribution is 2.17. The summed E-state index contributed by atoms with van der Waals surface area (Å²) in [5.74, 6) is -0.697. The Hall–Kier alpha value is -3.91. The number of anilines is 1. The lowest BCUT2D eigenvalue weighted by Crippen LogP contribution is -2.13. The van der Waals surface area contributed by atoms with Crippen LogP contribution in [0.25, 0.3) is 6.08 Å². The van der Waals surface area contributed by atoms with Crippen LogP contribution < -0.4 is 5.32 Å². The van der Waals surface area contributed by atoms with Gasteiger partial charge in [-0.3, -0.25) is 4.79 Å². The van der Waals surface area contributed by atoms with Crippen molar-refractivity contribution in [1.29, 1.82) is 5.26 Å². The van der Waals surface area contributed by atoms with Gasteiger partial charge in [-0.1, -0.05) is 42.5 Å². The SMILES string of the molecule is N#C/C(=C\c1ccc(Cc2ccccc2F)cc1)C(=O)Nc1ccc(O)cc1. The van der Waals surface area contributed by atoms with Crippen LogP contribution in [0.2, 0.25) is 0 Å². The highest BCUT2D eigenvalue weighted by Gasteiger charge is 2.10. The highest BCUT2D eigenvalue weighted by atomic mass is 19.1. The topological polar surface area (TPSA) is 73.1 Å². The molecule has 0 heterocycles. The number of halogens is 1. The molecule has 0 radical (unpaired) electrons. The number of nitrogens with one attached hydrogen (secondary N) is 1. The van der Waals surface area contributed by atoms with E-state index in [1.807, 2.05) is 18.2 Å². The van der Waals surface area contributed by atoms with Crippen LogP contribution in [0.1, 0.15) is 16.7 Å². The van der Waals surface area contributed by atoms with Gasteiger partial charge in [0.25, 0.3) is 5.91 Å². The lowest BCUT2D eigenvalue weighted by molar-refractivity contribution is -0.112. The summed E-state index contributed by atoms with van der Waals surface area (Å²) in [5, 5.41) is 21.2. The first-order chi connectivity index (χ1) is 13.5. The molecule has 3 aromatic rings. The molecular formula is C23H17FN2O2. The van der Waals surface area contributed by atoms with Crippen molar-refractivity contribution in [2.75, 3.05) is 5.32 Å². The van der Waals surface area contributed by atoms with Crippen molar-refractivity contribution in [3.05, 3.63) is 101 Å². The number of amides is 1. The van der Waals surface area contributed by atoms with Crippen molar-refractivity contribution in [2.45, 2.75) is 6.42 Å². The Balaban J connectivity index is 1.72. The van der Waals surface area contributed by atoms with Gasteiger partial charge in [0.2, 0.25) is 0 Å². The summed E-state index contributed by atoms with van der Waals surface area (Å²) in [6.07, 6.45) is 1.95. The predicted octanol–water partition coefficient (Wildman–Crippen LogP) is 4.67. The van der Waals surface area contributed by atoms with Crippen molar-refractivity contribution >= 4 is 17.7 Å². The van der Waals surface area contributed by atoms with E-state index in [1.54, 1.807) is 42.5 Å². The number of rotatable bonds is 5. The molecule has 0 aliphatic rings. The van der Waals surface area contributed by atoms with Gasteiger partial charge in [-0.2, -0.15) is 5.26 Å². The molecule has 0 atom stereocenters. The Morgan fingerprint density at radius 3 is 2.36 bits per heavy atom. The number of aromatic hydroxyl groups is 1. The molecule has 3 aromatic carbocycles. The van der Waals surface area contributed by atoms with E-state index >= 15 is 0 Å². The zero-order valence-corrected chi connectivity index (χ0v) is 14.9. The summed E-state index contributed by atoms with van der Waals surface area (Å²) in [6.45, 7) is 0. The number of carbonyl (C=O) groups is 1. The molecule has 0 aliphatic carbocycles. The first-order valence-electron chi connectivity index (χ1n) is 8.59. The van der Waals surface area contributed by atoms with Gasteiger partial charge in [-0.25, -0.2) is 4.39 Å². The van der Waals surface area contributed by atoms with E-state index in [9.17, 15) is 19.6 Å². The molecule has 0 spiro atoms. The largest absolute Gasteiger partial charge is 0.508 e. The maximum Gasteiger partial charge on any atom is 0.266 e. The second kappa shape index (κ2) is 8.65. The zero-order valence-electron chi connectivity index (χ0n) is 14.9. The molecule has 0 saturated carbocycles. The van der Waals surface area contributed by atoms with Gasteiger partial charge in [0.15, 0.2) is 0 Å². The molecule has 0 unspecified atom stereocenters. The van der Waals surface area contributed by atoms with Gasteiger partial charge < -0.3 is 10.4 Å². The molecule has 2 N–H and O–H groups in total. The fraction of sp³-hybridized carbons (Fsp3) is 0.0435. The summed E-state index contributed by atoms with van der Waals surface area (Å²) in [7, 11) is 0. The van der Waals surface area contributed by atoms with E-state index in [4.69, 9.17) is 0 Å². The van der Waals surface area contributed by atoms with Crippen LogP contribution in [0.3, 0.4) is 0 Å². The van der Waals surface area contributed by atoms with Gasteiger partial charge in [-0.05, 0) is 53.1 Å². The van der Waals surface area contributed by atoms with E-state index in [-0.39, 0.29) is 17.1 Å². The van der Waals surface area contributed by atoms with Crippen LogP contribution in [-0.2, 0) is 11.2 Å². The van der Waals surface area contributed by atoms with Gasteiger partial charge >= 0.3 is 0 Å². The van der Waals surface area contributed by atoms with E-state index in [0.29, 0.717) is 23.2 Å². The number of phenolic OH excluding ortho intramolecular Hbond substituents is 1. The smallest absolute Gasteiger partial charge is 0.266 e. The molecule has 1 amide bonds. The fourth-order valence-electron chi connectivity index (χ4n) is 2.65. The van der Waals surface area contributed by atoms with Gasteiger partial charge in [0.1, 0.15) is 23.2 Å². The van der Waals surface area contributed by atoms with Crippen molar-refractivity contribution in [2.24, 2.45) is 0 Å². The van der Waals surface area contributed by atoms with E-state index in [1.165, 1.54) is 24.3 Å². The summed E-state index contributed by atoms with van der Waals surface area (Å²) in [5.41, 5.74) is 2.65. The third kappa shape index (κ3) is 4.83. The first kappa shape index (κ1) is 18.9. The minimum absolute atomic E-state index is 0.0464. The first-order valence-corrected chi connectivity index (χ1v) is 8.59. The Bertz CT molecular complexity index is 1050. The van der Waals surface area contributed by atoms with Crippen LogP contribution in [-0.4, -0.2) is 11.0 Å². The Kier molecular flexibility index (Phi) is 5.83. The number of carbonyl (C=O) groups excluding carboxylic acids is 1. The highest BCUT2D eigenvalue weighted by molar-refractivity contribution is 6.09. The molecule has 0 saturated heterocycles. The lowest BCUT2D eigenvalue weighted by atomic mass is 10.0. The minimum Gasteiger partial charge on any atom is -0.508 e. The number of hydrogen-bond acceptors (Lipinski definition) is 3. The van der Waals surface area contributed by atoms with Gasteiger partial charge in [-0.15, -0.1) is 0 Å². The Labute approximate surface area is 162 Å². The third-order valence-corrected chi connectivity index (χ3v) is 4.13. The molecular weight excluding hydrogens is 355 g/mol. The molecule has 4 nitrogen and oxygen atoms in total. The number of nitrogens with zero attached hydrogens (tertiary/aromatic N) is 1. The monoisotopic (exact) mass is 372 g/mol. The van der Waals surface area contributed by atoms with E-state index in [2.05, 4.69) is 5.32 Å². The second-order valence-corrected chi connectivity index (χ2v) is 6.18. The van der Waals surface area contributed by atoms with Crippen LogP contribution >= 0.6 is 0 Å². The quantitative estimate of drug-likeness (QED) is 0.388. The Morgan fingerprint density at radius 1 is 1.04 bits per heavy atom. The molecule has 0 aromatic heterocycles. The van der Waals surface area contributed by atoms with E-state index in [0.717, 1.165) is 5.56 Å². The van der Waals surface area contributed by atoms with Gasteiger partial charge in [0.05, 0.1) is 0 Å². The van der Waals surface area contributed by atoms with Crippen LogP contribution in [0.5, 0.6) is 5.75 Å². The minimum atomic E-state index is -0.538.